The van der Waals surface area contributed by atoms with Crippen LogP contribution in [-0.4, -0.2) is 62.2 Å². The van der Waals surface area contributed by atoms with E-state index in [0.717, 1.165) is 12.6 Å². The molecule has 16 heavy (non-hydrogen) atoms. The van der Waals surface area contributed by atoms with Crippen molar-refractivity contribution >= 4 is 0 Å². The van der Waals surface area contributed by atoms with Crippen molar-refractivity contribution in [3.63, 3.8) is 0 Å². The Morgan fingerprint density at radius 3 is 2.38 bits per heavy atom. The number of nitrogens with zero attached hydrogens (tertiary/aromatic N) is 2. The van der Waals surface area contributed by atoms with Gasteiger partial charge in [0.05, 0.1) is 0 Å². The highest BCUT2D eigenvalue weighted by Gasteiger charge is 2.13. The van der Waals surface area contributed by atoms with E-state index < -0.39 is 0 Å². The van der Waals surface area contributed by atoms with Gasteiger partial charge in [-0.2, -0.15) is 0 Å². The van der Waals surface area contributed by atoms with E-state index >= 15 is 0 Å². The summed E-state index contributed by atoms with van der Waals surface area (Å²) in [6.07, 6.45) is 3.93. The Morgan fingerprint density at radius 1 is 1.12 bits per heavy atom. The average Bonchev–Trinajstić information content (AvgIpc) is 2.30. The Kier molecular flexibility index (Phi) is 7.01. The quantitative estimate of drug-likeness (QED) is 0.709. The van der Waals surface area contributed by atoms with Gasteiger partial charge in [-0.15, -0.1) is 0 Å². The minimum Gasteiger partial charge on any atom is -0.314 e. The van der Waals surface area contributed by atoms with E-state index in [1.54, 1.807) is 0 Å². The second-order valence-electron chi connectivity index (χ2n) is 4.95. The average molecular weight is 227 g/mol. The van der Waals surface area contributed by atoms with Crippen molar-refractivity contribution in [1.82, 2.24) is 15.1 Å². The Bertz CT molecular complexity index is 165. The van der Waals surface area contributed by atoms with E-state index in [1.165, 1.54) is 52.0 Å². The number of piperazine rings is 1. The zero-order valence-corrected chi connectivity index (χ0v) is 11.3. The fourth-order valence-corrected chi connectivity index (χ4v) is 2.37. The lowest BCUT2D eigenvalue weighted by molar-refractivity contribution is 0.151. The molecule has 3 nitrogen and oxygen atoms in total. The van der Waals surface area contributed by atoms with Gasteiger partial charge in [0.1, 0.15) is 0 Å². The first kappa shape index (κ1) is 13.9. The summed E-state index contributed by atoms with van der Waals surface area (Å²) in [7, 11) is 2.22. The molecule has 0 amide bonds. The van der Waals surface area contributed by atoms with Crippen molar-refractivity contribution in [1.29, 1.82) is 0 Å². The fourth-order valence-electron chi connectivity index (χ4n) is 2.37. The zero-order valence-electron chi connectivity index (χ0n) is 11.3. The van der Waals surface area contributed by atoms with Gasteiger partial charge in [-0.05, 0) is 39.4 Å². The van der Waals surface area contributed by atoms with Crippen LogP contribution in [0.3, 0.4) is 0 Å². The standard InChI is InChI=1S/C13H29N3/c1-4-13(14-5-2)7-6-8-16-11-9-15(3)10-12-16/h13-14H,4-12H2,1-3H3. The molecule has 1 unspecified atom stereocenters. The highest BCUT2D eigenvalue weighted by atomic mass is 15.2. The molecule has 0 spiro atoms. The summed E-state index contributed by atoms with van der Waals surface area (Å²) >= 11 is 0. The zero-order chi connectivity index (χ0) is 11.8. The summed E-state index contributed by atoms with van der Waals surface area (Å²) in [6.45, 7) is 11.9. The van der Waals surface area contributed by atoms with Crippen molar-refractivity contribution in [3.8, 4) is 0 Å². The Hall–Kier alpha value is -0.120. The third-order valence-electron chi connectivity index (χ3n) is 3.61. The molecule has 0 aromatic rings. The van der Waals surface area contributed by atoms with Gasteiger partial charge < -0.3 is 15.1 Å². The van der Waals surface area contributed by atoms with Gasteiger partial charge in [0.25, 0.3) is 0 Å². The highest BCUT2D eigenvalue weighted by Crippen LogP contribution is 2.05. The van der Waals surface area contributed by atoms with Crippen LogP contribution in [0.5, 0.6) is 0 Å². The molecule has 3 heteroatoms. The summed E-state index contributed by atoms with van der Waals surface area (Å²) in [6, 6.07) is 0.734. The maximum Gasteiger partial charge on any atom is 0.0110 e. The second-order valence-corrected chi connectivity index (χ2v) is 4.95. The molecule has 1 aliphatic rings. The van der Waals surface area contributed by atoms with Crippen LogP contribution in [0.25, 0.3) is 0 Å². The molecule has 1 saturated heterocycles. The van der Waals surface area contributed by atoms with Crippen LogP contribution in [-0.2, 0) is 0 Å². The van der Waals surface area contributed by atoms with Crippen LogP contribution >= 0.6 is 0 Å². The monoisotopic (exact) mass is 227 g/mol. The lowest BCUT2D eigenvalue weighted by Gasteiger charge is -2.32. The molecular weight excluding hydrogens is 198 g/mol. The number of likely N-dealkylation sites (N-methyl/N-ethyl adjacent to an activating group) is 1. The van der Waals surface area contributed by atoms with Crippen LogP contribution < -0.4 is 5.32 Å². The van der Waals surface area contributed by atoms with Crippen molar-refractivity contribution in [2.75, 3.05) is 46.3 Å². The molecule has 0 radical (unpaired) electrons. The molecule has 0 aromatic carbocycles. The number of rotatable bonds is 7. The van der Waals surface area contributed by atoms with Gasteiger partial charge in [-0.3, -0.25) is 0 Å². The molecule has 0 aliphatic carbocycles. The number of hydrogen-bond acceptors (Lipinski definition) is 3. The molecule has 1 aliphatic heterocycles. The van der Waals surface area contributed by atoms with E-state index in [4.69, 9.17) is 0 Å². The topological polar surface area (TPSA) is 18.5 Å². The Morgan fingerprint density at radius 2 is 1.81 bits per heavy atom. The summed E-state index contributed by atoms with van der Waals surface area (Å²) in [4.78, 5) is 5.03. The molecule has 1 N–H and O–H groups in total. The highest BCUT2D eigenvalue weighted by molar-refractivity contribution is 4.71. The molecule has 0 aromatic heterocycles. The van der Waals surface area contributed by atoms with Crippen LogP contribution in [0, 0.1) is 0 Å². The van der Waals surface area contributed by atoms with Gasteiger partial charge in [-0.25, -0.2) is 0 Å². The first-order valence-corrected chi connectivity index (χ1v) is 6.90. The maximum absolute atomic E-state index is 3.55. The van der Waals surface area contributed by atoms with Crippen molar-refractivity contribution in [2.24, 2.45) is 0 Å². The summed E-state index contributed by atoms with van der Waals surface area (Å²) in [5.41, 5.74) is 0. The van der Waals surface area contributed by atoms with Crippen molar-refractivity contribution in [2.45, 2.75) is 39.2 Å². The number of hydrogen-bond donors (Lipinski definition) is 1. The van der Waals surface area contributed by atoms with Crippen LogP contribution in [0.1, 0.15) is 33.1 Å². The van der Waals surface area contributed by atoms with E-state index in [2.05, 4.69) is 36.0 Å². The molecule has 1 heterocycles. The fraction of sp³-hybridized carbons (Fsp3) is 1.00. The maximum atomic E-state index is 3.55. The molecular formula is C13H29N3. The minimum atomic E-state index is 0.734. The largest absolute Gasteiger partial charge is 0.314 e. The predicted molar refractivity (Wildman–Crippen MR) is 70.9 cm³/mol. The molecule has 0 saturated carbocycles. The predicted octanol–water partition coefficient (Wildman–Crippen LogP) is 1.40. The van der Waals surface area contributed by atoms with E-state index in [0.29, 0.717) is 0 Å². The molecule has 1 fully saturated rings. The van der Waals surface area contributed by atoms with Gasteiger partial charge in [0.2, 0.25) is 0 Å². The summed E-state index contributed by atoms with van der Waals surface area (Å²) in [5.74, 6) is 0. The Labute approximate surface area is 101 Å². The van der Waals surface area contributed by atoms with E-state index in [-0.39, 0.29) is 0 Å². The smallest absolute Gasteiger partial charge is 0.0110 e. The first-order valence-electron chi connectivity index (χ1n) is 6.90. The normalized spacial score (nSPS) is 21.2. The lowest BCUT2D eigenvalue weighted by Crippen LogP contribution is -2.44. The van der Waals surface area contributed by atoms with Crippen molar-refractivity contribution in [3.05, 3.63) is 0 Å². The summed E-state index contributed by atoms with van der Waals surface area (Å²) in [5, 5.41) is 3.55. The van der Waals surface area contributed by atoms with Gasteiger partial charge in [-0.1, -0.05) is 13.8 Å². The van der Waals surface area contributed by atoms with Crippen molar-refractivity contribution < 1.29 is 0 Å². The second kappa shape index (κ2) is 8.04. The Balaban J connectivity index is 2.05. The molecule has 0 bridgehead atoms. The van der Waals surface area contributed by atoms with E-state index in [1.807, 2.05) is 0 Å². The SMILES string of the molecule is CCNC(CC)CCCN1CCN(C)CC1. The van der Waals surface area contributed by atoms with E-state index in [9.17, 15) is 0 Å². The molecule has 1 rings (SSSR count). The van der Waals surface area contributed by atoms with Crippen LogP contribution in [0.2, 0.25) is 0 Å². The lowest BCUT2D eigenvalue weighted by atomic mass is 10.1. The van der Waals surface area contributed by atoms with Crippen LogP contribution in [0.4, 0.5) is 0 Å². The van der Waals surface area contributed by atoms with Gasteiger partial charge >= 0.3 is 0 Å². The summed E-state index contributed by atoms with van der Waals surface area (Å²) < 4.78 is 0. The third kappa shape index (κ3) is 5.28. The third-order valence-corrected chi connectivity index (χ3v) is 3.61. The molecule has 96 valence electrons. The molecule has 1 atom stereocenters. The van der Waals surface area contributed by atoms with Gasteiger partial charge in [0.15, 0.2) is 0 Å². The number of nitrogens with one attached hydrogen (secondary N) is 1. The first-order chi connectivity index (χ1) is 7.76. The minimum absolute atomic E-state index is 0.734. The van der Waals surface area contributed by atoms with Gasteiger partial charge in [0, 0.05) is 32.2 Å². The van der Waals surface area contributed by atoms with Crippen LogP contribution in [0.15, 0.2) is 0 Å².